The number of nitrogens with zero attached hydrogens (tertiary/aromatic N) is 1. The average molecular weight is 414 g/mol. The van der Waals surface area contributed by atoms with Gasteiger partial charge >= 0.3 is 0 Å². The Kier molecular flexibility index (Phi) is 5.74. The zero-order valence-corrected chi connectivity index (χ0v) is 17.9. The van der Waals surface area contributed by atoms with E-state index in [0.29, 0.717) is 6.61 Å². The van der Waals surface area contributed by atoms with Crippen molar-refractivity contribution < 1.29 is 18.5 Å². The number of hydrogen-bond donors (Lipinski definition) is 0. The molecule has 4 atom stereocenters. The summed E-state index contributed by atoms with van der Waals surface area (Å²) in [6.45, 7) is 3.41. The van der Waals surface area contributed by atoms with Gasteiger partial charge in [-0.05, 0) is 42.5 Å². The number of rotatable bonds is 4. The van der Waals surface area contributed by atoms with Gasteiger partial charge in [-0.2, -0.15) is 0 Å². The Balaban J connectivity index is 1.80. The Morgan fingerprint density at radius 1 is 1.31 bits per heavy atom. The minimum Gasteiger partial charge on any atom is -0.487 e. The lowest BCUT2D eigenvalue weighted by Gasteiger charge is -2.36. The third-order valence-corrected chi connectivity index (χ3v) is 6.70. The lowest BCUT2D eigenvalue weighted by molar-refractivity contribution is -0.131. The molecule has 5 nitrogen and oxygen atoms in total. The lowest BCUT2D eigenvalue weighted by Crippen LogP contribution is -2.38. The van der Waals surface area contributed by atoms with Gasteiger partial charge in [0.15, 0.2) is 0 Å². The molecule has 1 amide bonds. The maximum atomic E-state index is 12.8. The molecule has 0 saturated carbocycles. The van der Waals surface area contributed by atoms with Crippen LogP contribution in [0.2, 0.25) is 0 Å². The van der Waals surface area contributed by atoms with Gasteiger partial charge in [-0.15, -0.1) is 0 Å². The molecule has 0 bridgehead atoms. The van der Waals surface area contributed by atoms with E-state index in [0.717, 1.165) is 46.8 Å². The summed E-state index contributed by atoms with van der Waals surface area (Å²) in [6.07, 6.45) is 11.6. The molecule has 1 aliphatic carbocycles. The van der Waals surface area contributed by atoms with Crippen molar-refractivity contribution in [1.82, 2.24) is 4.90 Å². The van der Waals surface area contributed by atoms with E-state index in [1.807, 2.05) is 36.6 Å². The van der Waals surface area contributed by atoms with E-state index in [-0.39, 0.29) is 23.8 Å². The Bertz CT molecular complexity index is 927. The van der Waals surface area contributed by atoms with Gasteiger partial charge in [-0.3, -0.25) is 9.00 Å². The molecule has 1 aromatic rings. The molecule has 0 N–H and O–H groups in total. The quantitative estimate of drug-likeness (QED) is 0.758. The zero-order valence-electron chi connectivity index (χ0n) is 17.1. The van der Waals surface area contributed by atoms with Crippen LogP contribution in [0.3, 0.4) is 0 Å². The van der Waals surface area contributed by atoms with Crippen molar-refractivity contribution in [2.45, 2.75) is 30.8 Å². The summed E-state index contributed by atoms with van der Waals surface area (Å²) in [4.78, 5) is 15.2. The number of hydrogen-bond acceptors (Lipinski definition) is 4. The van der Waals surface area contributed by atoms with Crippen molar-refractivity contribution >= 4 is 22.3 Å². The first-order valence-corrected chi connectivity index (χ1v) is 11.6. The predicted octanol–water partition coefficient (Wildman–Crippen LogP) is 3.54. The van der Waals surface area contributed by atoms with E-state index in [2.05, 4.69) is 13.0 Å². The van der Waals surface area contributed by atoms with Gasteiger partial charge < -0.3 is 14.4 Å². The SMILES string of the molecule is CC1C=CC=C2C(c3cc(S(C)=O)ccc3OC3CCCOC3)=CN(C)C(=O)C21. The fourth-order valence-electron chi connectivity index (χ4n) is 4.21. The van der Waals surface area contributed by atoms with Gasteiger partial charge in [0.2, 0.25) is 5.91 Å². The second kappa shape index (κ2) is 8.28. The highest BCUT2D eigenvalue weighted by atomic mass is 32.2. The molecule has 1 fully saturated rings. The van der Waals surface area contributed by atoms with E-state index >= 15 is 0 Å². The van der Waals surface area contributed by atoms with Crippen LogP contribution in [0.4, 0.5) is 0 Å². The monoisotopic (exact) mass is 413 g/mol. The van der Waals surface area contributed by atoms with Gasteiger partial charge in [0.05, 0.1) is 12.5 Å². The molecule has 0 spiro atoms. The first-order chi connectivity index (χ1) is 14.0. The van der Waals surface area contributed by atoms with E-state index in [4.69, 9.17) is 9.47 Å². The first-order valence-electron chi connectivity index (χ1n) is 10.0. The summed E-state index contributed by atoms with van der Waals surface area (Å²) in [5.41, 5.74) is 2.82. The molecule has 0 aromatic heterocycles. The molecular weight excluding hydrogens is 386 g/mol. The van der Waals surface area contributed by atoms with Crippen molar-refractivity contribution in [3.8, 4) is 5.75 Å². The van der Waals surface area contributed by atoms with Gasteiger partial charge in [0, 0.05) is 52.9 Å². The third-order valence-electron chi connectivity index (χ3n) is 5.78. The largest absolute Gasteiger partial charge is 0.487 e. The Hall–Kier alpha value is -2.18. The highest BCUT2D eigenvalue weighted by Gasteiger charge is 2.37. The van der Waals surface area contributed by atoms with Crippen LogP contribution in [0.5, 0.6) is 5.75 Å². The summed E-state index contributed by atoms with van der Waals surface area (Å²) in [6, 6.07) is 5.69. The van der Waals surface area contributed by atoms with Crippen molar-refractivity contribution in [3.63, 3.8) is 0 Å². The fraction of sp³-hybridized carbons (Fsp3) is 0.435. The topological polar surface area (TPSA) is 55.8 Å². The molecule has 2 heterocycles. The number of fused-ring (bicyclic) bond motifs is 1. The molecule has 1 aromatic carbocycles. The van der Waals surface area contributed by atoms with Crippen molar-refractivity contribution in [1.29, 1.82) is 0 Å². The number of ether oxygens (including phenoxy) is 2. The Labute approximate surface area is 174 Å². The highest BCUT2D eigenvalue weighted by molar-refractivity contribution is 7.84. The minimum atomic E-state index is -1.11. The van der Waals surface area contributed by atoms with E-state index in [9.17, 15) is 9.00 Å². The van der Waals surface area contributed by atoms with E-state index < -0.39 is 10.8 Å². The first kappa shape index (κ1) is 20.1. The number of benzene rings is 1. The fourth-order valence-corrected chi connectivity index (χ4v) is 4.75. The van der Waals surface area contributed by atoms with Crippen LogP contribution in [0.1, 0.15) is 25.3 Å². The van der Waals surface area contributed by atoms with Crippen LogP contribution in [-0.4, -0.2) is 47.6 Å². The van der Waals surface area contributed by atoms with Crippen molar-refractivity contribution in [2.24, 2.45) is 11.8 Å². The van der Waals surface area contributed by atoms with Crippen LogP contribution in [-0.2, 0) is 20.3 Å². The van der Waals surface area contributed by atoms with Crippen molar-refractivity contribution in [3.05, 3.63) is 53.8 Å². The average Bonchev–Trinajstić information content (AvgIpc) is 2.71. The zero-order chi connectivity index (χ0) is 20.5. The maximum absolute atomic E-state index is 12.8. The van der Waals surface area contributed by atoms with Gasteiger partial charge in [0.1, 0.15) is 11.9 Å². The molecule has 4 unspecified atom stereocenters. The van der Waals surface area contributed by atoms with Crippen LogP contribution >= 0.6 is 0 Å². The molecule has 2 aliphatic heterocycles. The predicted molar refractivity (Wildman–Crippen MR) is 114 cm³/mol. The Morgan fingerprint density at radius 2 is 2.14 bits per heavy atom. The van der Waals surface area contributed by atoms with Gasteiger partial charge in [-0.1, -0.05) is 25.2 Å². The molecule has 1 saturated heterocycles. The molecule has 29 heavy (non-hydrogen) atoms. The van der Waals surface area contributed by atoms with Crippen LogP contribution in [0.25, 0.3) is 5.57 Å². The summed E-state index contributed by atoms with van der Waals surface area (Å²) >= 11 is 0. The molecule has 3 aliphatic rings. The van der Waals surface area contributed by atoms with Gasteiger partial charge in [0.25, 0.3) is 0 Å². The van der Waals surface area contributed by atoms with Crippen LogP contribution in [0, 0.1) is 11.8 Å². The molecular formula is C23H27NO4S. The molecule has 154 valence electrons. The summed E-state index contributed by atoms with van der Waals surface area (Å²) in [7, 11) is 0.681. The number of allylic oxidation sites excluding steroid dienone is 4. The molecule has 0 radical (unpaired) electrons. The standard InChI is InChI=1S/C23H27NO4S/c1-15-6-4-8-18-20(13-24(2)23(25)22(15)18)19-12-17(29(3)26)9-10-21(19)28-16-7-5-11-27-14-16/h4,6,8-10,12-13,15-16,22H,5,7,11,14H2,1-3H3. The second-order valence-electron chi connectivity index (χ2n) is 7.90. The number of carbonyl (C=O) groups is 1. The van der Waals surface area contributed by atoms with Gasteiger partial charge in [-0.25, -0.2) is 0 Å². The Morgan fingerprint density at radius 3 is 2.86 bits per heavy atom. The number of amides is 1. The second-order valence-corrected chi connectivity index (χ2v) is 9.28. The minimum absolute atomic E-state index is 0.000946. The highest BCUT2D eigenvalue weighted by Crippen LogP contribution is 2.43. The summed E-state index contributed by atoms with van der Waals surface area (Å²) in [5, 5.41) is 0. The third kappa shape index (κ3) is 3.96. The van der Waals surface area contributed by atoms with Crippen LogP contribution in [0.15, 0.2) is 53.1 Å². The molecule has 6 heteroatoms. The van der Waals surface area contributed by atoms with Crippen molar-refractivity contribution in [2.75, 3.05) is 26.5 Å². The normalized spacial score (nSPS) is 27.8. The maximum Gasteiger partial charge on any atom is 0.234 e. The smallest absolute Gasteiger partial charge is 0.234 e. The molecule has 4 rings (SSSR count). The van der Waals surface area contributed by atoms with E-state index in [1.165, 1.54) is 0 Å². The summed E-state index contributed by atoms with van der Waals surface area (Å²) < 4.78 is 24.1. The lowest BCUT2D eigenvalue weighted by atomic mass is 9.75. The summed E-state index contributed by atoms with van der Waals surface area (Å²) in [5.74, 6) is 0.737. The number of carbonyl (C=O) groups excluding carboxylic acids is 1. The van der Waals surface area contributed by atoms with Crippen LogP contribution < -0.4 is 4.74 Å². The van der Waals surface area contributed by atoms with E-state index in [1.54, 1.807) is 18.2 Å².